The molecular formula is C20H23N5O5S. The molecular weight excluding hydrogens is 422 g/mol. The number of esters is 1. The maximum atomic E-state index is 13.1. The van der Waals surface area contributed by atoms with E-state index >= 15 is 0 Å². The van der Waals surface area contributed by atoms with Gasteiger partial charge in [-0.15, -0.1) is 0 Å². The lowest BCUT2D eigenvalue weighted by atomic mass is 10.1. The van der Waals surface area contributed by atoms with Gasteiger partial charge in [0.15, 0.2) is 10.8 Å². The predicted octanol–water partition coefficient (Wildman–Crippen LogP) is 2.39. The number of amides is 2. The molecule has 2 amide bonds. The van der Waals surface area contributed by atoms with Gasteiger partial charge in [0.1, 0.15) is 5.56 Å². The number of urea groups is 1. The highest BCUT2D eigenvalue weighted by atomic mass is 32.2. The van der Waals surface area contributed by atoms with E-state index in [-0.39, 0.29) is 18.0 Å². The first kappa shape index (κ1) is 22.2. The molecule has 0 spiro atoms. The lowest BCUT2D eigenvalue weighted by Crippen LogP contribution is -2.41. The van der Waals surface area contributed by atoms with Crippen molar-refractivity contribution in [2.24, 2.45) is 0 Å². The number of rotatable bonds is 8. The summed E-state index contributed by atoms with van der Waals surface area (Å²) in [6.45, 7) is 3.90. The molecule has 0 aliphatic rings. The van der Waals surface area contributed by atoms with Crippen LogP contribution in [0, 0.1) is 0 Å². The second-order valence-electron chi connectivity index (χ2n) is 6.57. The summed E-state index contributed by atoms with van der Waals surface area (Å²) in [6, 6.07) is 8.06. The smallest absolute Gasteiger partial charge is 0.342 e. The number of carbonyl (C=O) groups is 2. The number of ether oxygens (including phenoxy) is 1. The monoisotopic (exact) mass is 445 g/mol. The third-order valence-corrected chi connectivity index (χ3v) is 5.73. The standard InChI is InChI=1S/C20H23N5O5S/c1-3-5-11-22-20(27)24-31(28,29)18-16(19(26)30-4-2)13-23-25(18)17-15-9-7-6-8-14(15)10-12-21-17/h6-10,12-13H,3-5,11H2,1-2H3,(H2,22,24,27). The van der Waals surface area contributed by atoms with Crippen LogP contribution in [0.5, 0.6) is 0 Å². The molecule has 2 N–H and O–H groups in total. The van der Waals surface area contributed by atoms with E-state index in [9.17, 15) is 18.0 Å². The highest BCUT2D eigenvalue weighted by Gasteiger charge is 2.32. The van der Waals surface area contributed by atoms with Crippen LogP contribution < -0.4 is 10.0 Å². The van der Waals surface area contributed by atoms with Crippen LogP contribution in [-0.2, 0) is 14.8 Å². The molecule has 0 fully saturated rings. The number of nitrogens with zero attached hydrogens (tertiary/aromatic N) is 3. The Bertz CT molecular complexity index is 1200. The Labute approximate surface area is 179 Å². The number of fused-ring (bicyclic) bond motifs is 1. The number of benzene rings is 1. The van der Waals surface area contributed by atoms with Crippen LogP contribution >= 0.6 is 0 Å². The molecule has 10 nitrogen and oxygen atoms in total. The number of aromatic nitrogens is 3. The SMILES string of the molecule is CCCCNC(=O)NS(=O)(=O)c1c(C(=O)OCC)cnn1-c1nccc2ccccc12. The number of hydrogen-bond donors (Lipinski definition) is 2. The highest BCUT2D eigenvalue weighted by molar-refractivity contribution is 7.90. The molecule has 3 aromatic rings. The summed E-state index contributed by atoms with van der Waals surface area (Å²) in [7, 11) is -4.50. The Hall–Kier alpha value is -3.47. The Morgan fingerprint density at radius 2 is 1.94 bits per heavy atom. The Balaban J connectivity index is 2.12. The summed E-state index contributed by atoms with van der Waals surface area (Å²) < 4.78 is 34.2. The highest BCUT2D eigenvalue weighted by Crippen LogP contribution is 2.25. The Morgan fingerprint density at radius 1 is 1.16 bits per heavy atom. The second-order valence-corrected chi connectivity index (χ2v) is 8.16. The van der Waals surface area contributed by atoms with Crippen molar-refractivity contribution in [2.45, 2.75) is 31.7 Å². The number of nitrogens with one attached hydrogen (secondary N) is 2. The van der Waals surface area contributed by atoms with Crippen LogP contribution in [0.15, 0.2) is 47.8 Å². The molecule has 0 aliphatic heterocycles. The fourth-order valence-electron chi connectivity index (χ4n) is 2.95. The number of unbranched alkanes of at least 4 members (excludes halogenated alkanes) is 1. The first-order valence-electron chi connectivity index (χ1n) is 9.79. The number of pyridine rings is 1. The first-order chi connectivity index (χ1) is 14.9. The van der Waals surface area contributed by atoms with Crippen molar-refractivity contribution in [2.75, 3.05) is 13.2 Å². The molecule has 0 saturated heterocycles. The molecule has 0 unspecified atom stereocenters. The molecule has 0 radical (unpaired) electrons. The van der Waals surface area contributed by atoms with E-state index in [4.69, 9.17) is 4.74 Å². The Kier molecular flexibility index (Phi) is 6.85. The van der Waals surface area contributed by atoms with E-state index < -0.39 is 27.0 Å². The molecule has 31 heavy (non-hydrogen) atoms. The maximum Gasteiger partial charge on any atom is 0.342 e. The van der Waals surface area contributed by atoms with Crippen LogP contribution in [0.2, 0.25) is 0 Å². The molecule has 3 rings (SSSR count). The summed E-state index contributed by atoms with van der Waals surface area (Å²) in [4.78, 5) is 28.8. The zero-order valence-electron chi connectivity index (χ0n) is 17.2. The van der Waals surface area contributed by atoms with Crippen LogP contribution in [0.1, 0.15) is 37.0 Å². The molecule has 2 aromatic heterocycles. The maximum absolute atomic E-state index is 13.1. The van der Waals surface area contributed by atoms with Gasteiger partial charge in [0, 0.05) is 18.1 Å². The van der Waals surface area contributed by atoms with Gasteiger partial charge in [0.05, 0.1) is 12.8 Å². The quantitative estimate of drug-likeness (QED) is 0.402. The van der Waals surface area contributed by atoms with Crippen molar-refractivity contribution in [1.29, 1.82) is 0 Å². The summed E-state index contributed by atoms with van der Waals surface area (Å²) in [6.07, 6.45) is 4.12. The zero-order valence-corrected chi connectivity index (χ0v) is 18.0. The number of sulfonamides is 1. The van der Waals surface area contributed by atoms with E-state index in [1.54, 1.807) is 25.1 Å². The zero-order chi connectivity index (χ0) is 22.4. The van der Waals surface area contributed by atoms with Crippen molar-refractivity contribution in [3.63, 3.8) is 0 Å². The molecule has 11 heteroatoms. The van der Waals surface area contributed by atoms with Crippen LogP contribution in [0.4, 0.5) is 4.79 Å². The summed E-state index contributed by atoms with van der Waals surface area (Å²) >= 11 is 0. The summed E-state index contributed by atoms with van der Waals surface area (Å²) in [5.74, 6) is -0.679. The van der Waals surface area contributed by atoms with Gasteiger partial charge in [-0.05, 0) is 24.8 Å². The van der Waals surface area contributed by atoms with Gasteiger partial charge in [-0.2, -0.15) is 13.5 Å². The van der Waals surface area contributed by atoms with Gasteiger partial charge < -0.3 is 10.1 Å². The minimum atomic E-state index is -4.50. The Morgan fingerprint density at radius 3 is 2.68 bits per heavy atom. The first-order valence-corrected chi connectivity index (χ1v) is 11.3. The molecule has 0 aliphatic carbocycles. The number of carbonyl (C=O) groups excluding carboxylic acids is 2. The fraction of sp³-hybridized carbons (Fsp3) is 0.300. The second kappa shape index (κ2) is 9.56. The largest absolute Gasteiger partial charge is 0.462 e. The topological polar surface area (TPSA) is 132 Å². The fourth-order valence-corrected chi connectivity index (χ4v) is 4.15. The lowest BCUT2D eigenvalue weighted by Gasteiger charge is -2.13. The molecule has 164 valence electrons. The summed E-state index contributed by atoms with van der Waals surface area (Å²) in [5, 5.41) is 7.46. The van der Waals surface area contributed by atoms with Crippen molar-refractivity contribution >= 4 is 32.8 Å². The summed E-state index contributed by atoms with van der Waals surface area (Å²) in [5.41, 5.74) is -0.301. The van der Waals surface area contributed by atoms with Crippen LogP contribution in [-0.4, -0.2) is 48.3 Å². The molecule has 1 aromatic carbocycles. The minimum absolute atomic E-state index is 0.0426. The van der Waals surface area contributed by atoms with Crippen molar-refractivity contribution in [3.05, 3.63) is 48.3 Å². The third kappa shape index (κ3) is 4.82. The van der Waals surface area contributed by atoms with Gasteiger partial charge in [-0.25, -0.2) is 24.0 Å². The third-order valence-electron chi connectivity index (χ3n) is 4.37. The van der Waals surface area contributed by atoms with E-state index in [2.05, 4.69) is 15.4 Å². The average Bonchev–Trinajstić information content (AvgIpc) is 3.19. The van der Waals surface area contributed by atoms with Crippen molar-refractivity contribution < 1.29 is 22.7 Å². The van der Waals surface area contributed by atoms with Crippen LogP contribution in [0.3, 0.4) is 0 Å². The van der Waals surface area contributed by atoms with Gasteiger partial charge in [-0.3, -0.25) is 0 Å². The van der Waals surface area contributed by atoms with E-state index in [0.29, 0.717) is 18.4 Å². The van der Waals surface area contributed by atoms with Gasteiger partial charge >= 0.3 is 12.0 Å². The van der Waals surface area contributed by atoms with E-state index in [1.165, 1.54) is 6.20 Å². The van der Waals surface area contributed by atoms with Gasteiger partial charge in [-0.1, -0.05) is 37.6 Å². The van der Waals surface area contributed by atoms with Gasteiger partial charge in [0.25, 0.3) is 10.0 Å². The average molecular weight is 446 g/mol. The lowest BCUT2D eigenvalue weighted by molar-refractivity contribution is 0.0521. The van der Waals surface area contributed by atoms with Crippen LogP contribution in [0.25, 0.3) is 16.6 Å². The molecule has 0 atom stereocenters. The molecule has 0 saturated carbocycles. The van der Waals surface area contributed by atoms with E-state index in [0.717, 1.165) is 22.7 Å². The minimum Gasteiger partial charge on any atom is -0.462 e. The van der Waals surface area contributed by atoms with Crippen molar-refractivity contribution in [1.82, 2.24) is 24.8 Å². The number of hydrogen-bond acceptors (Lipinski definition) is 7. The van der Waals surface area contributed by atoms with Gasteiger partial charge in [0.2, 0.25) is 0 Å². The van der Waals surface area contributed by atoms with E-state index in [1.807, 2.05) is 23.8 Å². The normalized spacial score (nSPS) is 11.3. The molecule has 0 bridgehead atoms. The predicted molar refractivity (Wildman–Crippen MR) is 113 cm³/mol. The molecule has 2 heterocycles. The van der Waals surface area contributed by atoms with Crippen molar-refractivity contribution in [3.8, 4) is 5.82 Å².